The smallest absolute Gasteiger partial charge is 0.408 e. The molecule has 0 fully saturated rings. The molecule has 2 atom stereocenters. The number of amides is 3. The first-order chi connectivity index (χ1) is 16.8. The Labute approximate surface area is 215 Å². The molecule has 0 saturated carbocycles. The Morgan fingerprint density at radius 1 is 1.06 bits per heavy atom. The van der Waals surface area contributed by atoms with Gasteiger partial charge in [-0.1, -0.05) is 45.0 Å². The number of esters is 1. The van der Waals surface area contributed by atoms with Gasteiger partial charge in [-0.3, -0.25) is 14.4 Å². The van der Waals surface area contributed by atoms with Gasteiger partial charge in [-0.05, 0) is 58.1 Å². The lowest BCUT2D eigenvalue weighted by Crippen LogP contribution is -2.55. The van der Waals surface area contributed by atoms with Crippen LogP contribution in [0.1, 0.15) is 78.5 Å². The zero-order valence-corrected chi connectivity index (χ0v) is 23.0. The van der Waals surface area contributed by atoms with E-state index in [4.69, 9.17) is 9.47 Å². The van der Waals surface area contributed by atoms with Crippen LogP contribution in [-0.4, -0.2) is 60.1 Å². The Bertz CT molecular complexity index is 894. The first-order valence-corrected chi connectivity index (χ1v) is 12.6. The van der Waals surface area contributed by atoms with Gasteiger partial charge in [-0.15, -0.1) is 0 Å². The Balaban J connectivity index is 3.32. The summed E-state index contributed by atoms with van der Waals surface area (Å²) < 4.78 is 10.3. The topological polar surface area (TPSA) is 114 Å². The summed E-state index contributed by atoms with van der Waals surface area (Å²) in [6.07, 6.45) is -0.0738. The molecule has 0 aliphatic heterocycles. The van der Waals surface area contributed by atoms with Gasteiger partial charge in [-0.25, -0.2) is 4.79 Å². The molecule has 0 aliphatic rings. The van der Waals surface area contributed by atoms with Crippen LogP contribution in [0.4, 0.5) is 4.79 Å². The Hall–Kier alpha value is -3.10. The highest BCUT2D eigenvalue weighted by atomic mass is 16.6. The minimum Gasteiger partial charge on any atom is -0.466 e. The Morgan fingerprint density at radius 2 is 1.69 bits per heavy atom. The number of carbonyl (C=O) groups is 4. The maximum Gasteiger partial charge on any atom is 0.408 e. The molecule has 1 aromatic rings. The second kappa shape index (κ2) is 14.5. The molecule has 0 saturated heterocycles. The van der Waals surface area contributed by atoms with E-state index < -0.39 is 35.7 Å². The SMILES string of the molecule is CCCN(C(=O)C(NC(=O)OC(C)(C)C)C(C)C)C(C(=O)NCCC(=O)OCC)c1ccccc1C. The third-order valence-electron chi connectivity index (χ3n) is 5.33. The van der Waals surface area contributed by atoms with Crippen molar-refractivity contribution in [2.24, 2.45) is 5.92 Å². The van der Waals surface area contributed by atoms with Gasteiger partial charge in [0.25, 0.3) is 0 Å². The largest absolute Gasteiger partial charge is 0.466 e. The minimum atomic E-state index is -0.942. The average molecular weight is 506 g/mol. The van der Waals surface area contributed by atoms with E-state index in [0.29, 0.717) is 18.5 Å². The van der Waals surface area contributed by atoms with Crippen molar-refractivity contribution in [1.29, 1.82) is 0 Å². The Morgan fingerprint density at radius 3 is 2.22 bits per heavy atom. The molecule has 0 bridgehead atoms. The van der Waals surface area contributed by atoms with Gasteiger partial charge in [-0.2, -0.15) is 0 Å². The molecule has 1 aromatic carbocycles. The Kier molecular flexibility index (Phi) is 12.4. The van der Waals surface area contributed by atoms with E-state index in [9.17, 15) is 19.2 Å². The zero-order chi connectivity index (χ0) is 27.5. The fraction of sp³-hybridized carbons (Fsp3) is 0.630. The molecule has 1 rings (SSSR count). The van der Waals surface area contributed by atoms with Crippen LogP contribution in [0.3, 0.4) is 0 Å². The number of rotatable bonds is 12. The van der Waals surface area contributed by atoms with E-state index in [1.807, 2.05) is 52.0 Å². The van der Waals surface area contributed by atoms with Gasteiger partial charge in [0.05, 0.1) is 13.0 Å². The molecule has 0 heterocycles. The lowest BCUT2D eigenvalue weighted by atomic mass is 9.96. The molecule has 0 radical (unpaired) electrons. The van der Waals surface area contributed by atoms with E-state index in [0.717, 1.165) is 5.56 Å². The van der Waals surface area contributed by atoms with Crippen LogP contribution in [0.2, 0.25) is 0 Å². The van der Waals surface area contributed by atoms with Crippen molar-refractivity contribution in [1.82, 2.24) is 15.5 Å². The number of ether oxygens (including phenoxy) is 2. The standard InChI is InChI=1S/C27H43N3O6/c1-9-17-30(25(33)22(18(3)4)29-26(34)36-27(6,7)8)23(20-14-12-11-13-19(20)5)24(32)28-16-15-21(31)35-10-2/h11-14,18,22-23H,9-10,15-17H2,1-8H3,(H,28,32)(H,29,34). The molecular formula is C27H43N3O6. The third kappa shape index (κ3) is 9.87. The van der Waals surface area contributed by atoms with Gasteiger partial charge >= 0.3 is 12.1 Å². The summed E-state index contributed by atoms with van der Waals surface area (Å²) in [5.74, 6) is -1.45. The van der Waals surface area contributed by atoms with Gasteiger partial charge in [0.15, 0.2) is 0 Å². The molecule has 2 N–H and O–H groups in total. The molecule has 9 nitrogen and oxygen atoms in total. The van der Waals surface area contributed by atoms with Crippen molar-refractivity contribution in [2.45, 2.75) is 85.9 Å². The highest BCUT2D eigenvalue weighted by Gasteiger charge is 2.37. The number of alkyl carbamates (subject to hydrolysis) is 1. The monoisotopic (exact) mass is 505 g/mol. The van der Waals surface area contributed by atoms with E-state index in [2.05, 4.69) is 10.6 Å². The summed E-state index contributed by atoms with van der Waals surface area (Å²) in [5, 5.41) is 5.48. The highest BCUT2D eigenvalue weighted by molar-refractivity contribution is 5.92. The molecule has 36 heavy (non-hydrogen) atoms. The minimum absolute atomic E-state index is 0.0244. The van der Waals surface area contributed by atoms with Gasteiger partial charge < -0.3 is 25.0 Å². The summed E-state index contributed by atoms with van der Waals surface area (Å²) >= 11 is 0. The summed E-state index contributed by atoms with van der Waals surface area (Å²) in [6.45, 7) is 15.0. The molecule has 0 aliphatic carbocycles. The van der Waals surface area contributed by atoms with Crippen molar-refractivity contribution >= 4 is 23.9 Å². The predicted molar refractivity (Wildman–Crippen MR) is 138 cm³/mol. The van der Waals surface area contributed by atoms with Gasteiger partial charge in [0.2, 0.25) is 11.8 Å². The average Bonchev–Trinajstić information content (AvgIpc) is 2.76. The van der Waals surface area contributed by atoms with Gasteiger partial charge in [0.1, 0.15) is 17.7 Å². The third-order valence-corrected chi connectivity index (χ3v) is 5.33. The maximum absolute atomic E-state index is 13.9. The fourth-order valence-electron chi connectivity index (χ4n) is 3.70. The summed E-state index contributed by atoms with van der Waals surface area (Å²) in [6, 6.07) is 5.53. The summed E-state index contributed by atoms with van der Waals surface area (Å²) in [7, 11) is 0. The van der Waals surface area contributed by atoms with Crippen molar-refractivity contribution in [3.63, 3.8) is 0 Å². The van der Waals surface area contributed by atoms with Crippen molar-refractivity contribution in [3.05, 3.63) is 35.4 Å². The van der Waals surface area contributed by atoms with E-state index in [1.165, 1.54) is 4.90 Å². The second-order valence-corrected chi connectivity index (χ2v) is 10.0. The van der Waals surface area contributed by atoms with Crippen molar-refractivity contribution in [2.75, 3.05) is 19.7 Å². The first-order valence-electron chi connectivity index (χ1n) is 12.6. The van der Waals surface area contributed by atoms with Crippen LogP contribution in [0.15, 0.2) is 24.3 Å². The molecule has 0 spiro atoms. The number of aryl methyl sites for hydroxylation is 1. The van der Waals surface area contributed by atoms with Crippen LogP contribution >= 0.6 is 0 Å². The quantitative estimate of drug-likeness (QED) is 0.417. The first kappa shape index (κ1) is 30.9. The molecule has 202 valence electrons. The van der Waals surface area contributed by atoms with E-state index in [1.54, 1.807) is 27.7 Å². The lowest BCUT2D eigenvalue weighted by molar-refractivity contribution is -0.144. The second-order valence-electron chi connectivity index (χ2n) is 10.0. The molecular weight excluding hydrogens is 462 g/mol. The normalized spacial score (nSPS) is 12.9. The maximum atomic E-state index is 13.9. The van der Waals surface area contributed by atoms with Crippen LogP contribution in [-0.2, 0) is 23.9 Å². The molecule has 3 amide bonds. The fourth-order valence-corrected chi connectivity index (χ4v) is 3.70. The van der Waals surface area contributed by atoms with Crippen LogP contribution in [0, 0.1) is 12.8 Å². The number of benzene rings is 1. The summed E-state index contributed by atoms with van der Waals surface area (Å²) in [4.78, 5) is 53.1. The number of hydrogen-bond donors (Lipinski definition) is 2. The van der Waals surface area contributed by atoms with E-state index in [-0.39, 0.29) is 31.4 Å². The van der Waals surface area contributed by atoms with Crippen molar-refractivity contribution in [3.8, 4) is 0 Å². The summed E-state index contributed by atoms with van der Waals surface area (Å²) in [5.41, 5.74) is 0.797. The number of nitrogens with zero attached hydrogens (tertiary/aromatic N) is 1. The number of hydrogen-bond acceptors (Lipinski definition) is 6. The van der Waals surface area contributed by atoms with Crippen molar-refractivity contribution < 1.29 is 28.7 Å². The van der Waals surface area contributed by atoms with E-state index >= 15 is 0 Å². The molecule has 9 heteroatoms. The molecule has 0 aromatic heterocycles. The van der Waals surface area contributed by atoms with Crippen LogP contribution in [0.5, 0.6) is 0 Å². The highest BCUT2D eigenvalue weighted by Crippen LogP contribution is 2.26. The molecule has 2 unspecified atom stereocenters. The van der Waals surface area contributed by atoms with Crippen LogP contribution in [0.25, 0.3) is 0 Å². The predicted octanol–water partition coefficient (Wildman–Crippen LogP) is 3.89. The number of carbonyl (C=O) groups excluding carboxylic acids is 4. The number of nitrogens with one attached hydrogen (secondary N) is 2. The lowest BCUT2D eigenvalue weighted by Gasteiger charge is -2.36. The van der Waals surface area contributed by atoms with Gasteiger partial charge in [0, 0.05) is 13.1 Å². The zero-order valence-electron chi connectivity index (χ0n) is 23.0. The van der Waals surface area contributed by atoms with Crippen LogP contribution < -0.4 is 10.6 Å².